The molecular formula is C20H28F2N6O2. The Labute approximate surface area is 174 Å². The lowest BCUT2D eigenvalue weighted by Crippen LogP contribution is -2.22. The van der Waals surface area contributed by atoms with E-state index in [-0.39, 0.29) is 17.6 Å². The van der Waals surface area contributed by atoms with Crippen LogP contribution in [0.25, 0.3) is 0 Å². The summed E-state index contributed by atoms with van der Waals surface area (Å²) >= 11 is 0. The average molecular weight is 422 g/mol. The Balaban J connectivity index is 2.01. The SMILES string of the molecule is CNCCCNc1cc(C(C)C)nc(NC(=O)Nc2ccc(OC(C)(F)F)cc2)n1. The predicted octanol–water partition coefficient (Wildman–Crippen LogP) is 4.26. The summed E-state index contributed by atoms with van der Waals surface area (Å²) in [6.45, 7) is 6.26. The van der Waals surface area contributed by atoms with E-state index in [0.717, 1.165) is 25.2 Å². The van der Waals surface area contributed by atoms with Gasteiger partial charge < -0.3 is 20.7 Å². The van der Waals surface area contributed by atoms with Gasteiger partial charge in [-0.3, -0.25) is 5.32 Å². The van der Waals surface area contributed by atoms with Gasteiger partial charge in [0.15, 0.2) is 0 Å². The fourth-order valence-electron chi connectivity index (χ4n) is 2.47. The van der Waals surface area contributed by atoms with Crippen LogP contribution >= 0.6 is 0 Å². The number of urea groups is 1. The van der Waals surface area contributed by atoms with E-state index < -0.39 is 12.1 Å². The van der Waals surface area contributed by atoms with Crippen molar-refractivity contribution in [1.82, 2.24) is 15.3 Å². The first kappa shape index (κ1) is 23.3. The van der Waals surface area contributed by atoms with E-state index in [1.165, 1.54) is 24.3 Å². The number of amides is 2. The maximum Gasteiger partial charge on any atom is 0.394 e. The number of carbonyl (C=O) groups excluding carboxylic acids is 1. The predicted molar refractivity (Wildman–Crippen MR) is 113 cm³/mol. The van der Waals surface area contributed by atoms with Crippen molar-refractivity contribution in [2.24, 2.45) is 0 Å². The second-order valence-electron chi connectivity index (χ2n) is 7.05. The van der Waals surface area contributed by atoms with E-state index in [0.29, 0.717) is 18.4 Å². The Morgan fingerprint density at radius 3 is 2.43 bits per heavy atom. The molecule has 0 saturated heterocycles. The molecule has 2 amide bonds. The maximum absolute atomic E-state index is 12.9. The van der Waals surface area contributed by atoms with Gasteiger partial charge in [-0.1, -0.05) is 13.8 Å². The molecule has 8 nitrogen and oxygen atoms in total. The summed E-state index contributed by atoms with van der Waals surface area (Å²) < 4.78 is 30.2. The minimum absolute atomic E-state index is 0.00425. The number of anilines is 3. The van der Waals surface area contributed by atoms with E-state index in [2.05, 4.69) is 36.0 Å². The number of alkyl halides is 2. The minimum atomic E-state index is -3.27. The van der Waals surface area contributed by atoms with Gasteiger partial charge in [-0.2, -0.15) is 13.8 Å². The molecule has 1 aromatic carbocycles. The topological polar surface area (TPSA) is 100 Å². The van der Waals surface area contributed by atoms with E-state index in [9.17, 15) is 13.6 Å². The lowest BCUT2D eigenvalue weighted by atomic mass is 10.1. The summed E-state index contributed by atoms with van der Waals surface area (Å²) in [7, 11) is 1.89. The van der Waals surface area contributed by atoms with Crippen LogP contribution in [0.2, 0.25) is 0 Å². The molecule has 0 radical (unpaired) electrons. The zero-order valence-electron chi connectivity index (χ0n) is 17.6. The molecule has 0 aliphatic carbocycles. The average Bonchev–Trinajstić information content (AvgIpc) is 2.65. The van der Waals surface area contributed by atoms with Gasteiger partial charge in [0.25, 0.3) is 0 Å². The maximum atomic E-state index is 12.9. The lowest BCUT2D eigenvalue weighted by Gasteiger charge is -2.14. The number of aromatic nitrogens is 2. The van der Waals surface area contributed by atoms with Crippen LogP contribution in [0.4, 0.5) is 31.0 Å². The van der Waals surface area contributed by atoms with Crippen LogP contribution in [0.3, 0.4) is 0 Å². The number of halogens is 2. The van der Waals surface area contributed by atoms with Crippen LogP contribution in [0, 0.1) is 0 Å². The fraction of sp³-hybridized carbons (Fsp3) is 0.450. The number of hydrogen-bond acceptors (Lipinski definition) is 6. The van der Waals surface area contributed by atoms with Crippen molar-refractivity contribution >= 4 is 23.5 Å². The van der Waals surface area contributed by atoms with Gasteiger partial charge in [0.1, 0.15) is 11.6 Å². The Morgan fingerprint density at radius 2 is 1.83 bits per heavy atom. The normalized spacial score (nSPS) is 11.3. The van der Waals surface area contributed by atoms with Gasteiger partial charge in [-0.25, -0.2) is 9.78 Å². The largest absolute Gasteiger partial charge is 0.433 e. The monoisotopic (exact) mass is 422 g/mol. The molecule has 1 heterocycles. The van der Waals surface area contributed by atoms with Gasteiger partial charge >= 0.3 is 12.1 Å². The van der Waals surface area contributed by atoms with Crippen LogP contribution in [0.5, 0.6) is 5.75 Å². The van der Waals surface area contributed by atoms with Crippen LogP contribution in [-0.2, 0) is 0 Å². The highest BCUT2D eigenvalue weighted by molar-refractivity contribution is 5.98. The third kappa shape index (κ3) is 8.16. The number of nitrogens with one attached hydrogen (secondary N) is 4. The van der Waals surface area contributed by atoms with Crippen molar-refractivity contribution in [3.8, 4) is 5.75 Å². The molecule has 0 fully saturated rings. The van der Waals surface area contributed by atoms with E-state index in [1.54, 1.807) is 0 Å². The number of hydrogen-bond donors (Lipinski definition) is 4. The van der Waals surface area contributed by atoms with Crippen LogP contribution < -0.4 is 26.0 Å². The van der Waals surface area contributed by atoms with Crippen molar-refractivity contribution in [3.05, 3.63) is 36.0 Å². The highest BCUT2D eigenvalue weighted by Gasteiger charge is 2.23. The Bertz CT molecular complexity index is 825. The van der Waals surface area contributed by atoms with Crippen molar-refractivity contribution < 1.29 is 18.3 Å². The summed E-state index contributed by atoms with van der Waals surface area (Å²) in [6.07, 6.45) is -2.35. The van der Waals surface area contributed by atoms with Crippen molar-refractivity contribution in [2.45, 2.75) is 39.2 Å². The number of ether oxygens (including phenoxy) is 1. The standard InChI is InChI=1S/C20H28F2N6O2/c1-13(2)16-12-17(24-11-5-10-23-4)27-18(26-16)28-19(29)25-14-6-8-15(9-7-14)30-20(3,21)22/h6-9,12-13,23H,5,10-11H2,1-4H3,(H3,24,25,26,27,28,29). The molecule has 164 valence electrons. The second kappa shape index (κ2) is 10.7. The van der Waals surface area contributed by atoms with E-state index in [4.69, 9.17) is 0 Å². The van der Waals surface area contributed by atoms with Crippen molar-refractivity contribution in [2.75, 3.05) is 36.1 Å². The van der Waals surface area contributed by atoms with Crippen molar-refractivity contribution in [3.63, 3.8) is 0 Å². The summed E-state index contributed by atoms with van der Waals surface area (Å²) in [4.78, 5) is 21.0. The number of nitrogens with zero attached hydrogens (tertiary/aromatic N) is 2. The molecule has 0 aliphatic rings. The summed E-state index contributed by atoms with van der Waals surface area (Å²) in [6, 6.07) is 6.91. The highest BCUT2D eigenvalue weighted by Crippen LogP contribution is 2.23. The summed E-state index contributed by atoms with van der Waals surface area (Å²) in [5.74, 6) is 0.941. The number of benzene rings is 1. The Hall–Kier alpha value is -3.01. The minimum Gasteiger partial charge on any atom is -0.433 e. The van der Waals surface area contributed by atoms with Crippen LogP contribution in [0.15, 0.2) is 30.3 Å². The Morgan fingerprint density at radius 1 is 1.13 bits per heavy atom. The zero-order valence-corrected chi connectivity index (χ0v) is 17.6. The molecular weight excluding hydrogens is 394 g/mol. The first-order valence-corrected chi connectivity index (χ1v) is 9.68. The summed E-state index contributed by atoms with van der Waals surface area (Å²) in [5, 5.41) is 11.5. The van der Waals surface area contributed by atoms with Gasteiger partial charge in [0, 0.05) is 25.2 Å². The van der Waals surface area contributed by atoms with E-state index >= 15 is 0 Å². The van der Waals surface area contributed by atoms with Crippen LogP contribution in [-0.4, -0.2) is 42.2 Å². The molecule has 4 N–H and O–H groups in total. The number of rotatable bonds is 10. The van der Waals surface area contributed by atoms with E-state index in [1.807, 2.05) is 27.0 Å². The lowest BCUT2D eigenvalue weighted by molar-refractivity contribution is -0.158. The van der Waals surface area contributed by atoms with Crippen LogP contribution in [0.1, 0.15) is 38.8 Å². The fourth-order valence-corrected chi connectivity index (χ4v) is 2.47. The van der Waals surface area contributed by atoms with Gasteiger partial charge in [-0.05, 0) is 50.2 Å². The molecule has 0 unspecified atom stereocenters. The van der Waals surface area contributed by atoms with Gasteiger partial charge in [0.05, 0.1) is 5.69 Å². The first-order chi connectivity index (χ1) is 14.2. The molecule has 0 spiro atoms. The molecule has 2 rings (SSSR count). The third-order valence-electron chi connectivity index (χ3n) is 3.88. The molecule has 0 aliphatic heterocycles. The zero-order chi connectivity index (χ0) is 22.1. The molecule has 0 saturated carbocycles. The number of carbonyl (C=O) groups is 1. The smallest absolute Gasteiger partial charge is 0.394 e. The third-order valence-corrected chi connectivity index (χ3v) is 3.88. The molecule has 1 aromatic heterocycles. The molecule has 0 atom stereocenters. The van der Waals surface area contributed by atoms with Crippen molar-refractivity contribution in [1.29, 1.82) is 0 Å². The molecule has 30 heavy (non-hydrogen) atoms. The molecule has 2 aromatic rings. The van der Waals surface area contributed by atoms with Gasteiger partial charge in [0.2, 0.25) is 5.95 Å². The first-order valence-electron chi connectivity index (χ1n) is 9.68. The quantitative estimate of drug-likeness (QED) is 0.427. The summed E-state index contributed by atoms with van der Waals surface area (Å²) in [5.41, 5.74) is 1.20. The highest BCUT2D eigenvalue weighted by atomic mass is 19.3. The van der Waals surface area contributed by atoms with Gasteiger partial charge in [-0.15, -0.1) is 0 Å². The Kier molecular flexibility index (Phi) is 8.28. The molecule has 0 bridgehead atoms. The molecule has 10 heteroatoms. The second-order valence-corrected chi connectivity index (χ2v) is 7.05.